The highest BCUT2D eigenvalue weighted by molar-refractivity contribution is 7.98. The van der Waals surface area contributed by atoms with Crippen LogP contribution in [-0.4, -0.2) is 47.4 Å². The van der Waals surface area contributed by atoms with E-state index in [4.69, 9.17) is 21.1 Å². The predicted octanol–water partition coefficient (Wildman–Crippen LogP) is 5.30. The van der Waals surface area contributed by atoms with Crippen LogP contribution in [0.5, 0.6) is 11.5 Å². The van der Waals surface area contributed by atoms with Crippen LogP contribution in [0.15, 0.2) is 71.6 Å². The number of carbonyl (C=O) groups is 1. The van der Waals surface area contributed by atoms with Gasteiger partial charge < -0.3 is 14.8 Å². The normalized spacial score (nSPS) is 11.1. The summed E-state index contributed by atoms with van der Waals surface area (Å²) in [5.41, 5.74) is 2.56. The number of nitrogens with one attached hydrogen (secondary N) is 1. The Morgan fingerprint density at radius 3 is 2.30 bits per heavy atom. The Hall–Kier alpha value is -2.88. The van der Waals surface area contributed by atoms with E-state index in [0.29, 0.717) is 23.0 Å². The van der Waals surface area contributed by atoms with Crippen LogP contribution in [0.1, 0.15) is 17.5 Å². The summed E-state index contributed by atoms with van der Waals surface area (Å²) in [6, 6.07) is 19.1. The quantitative estimate of drug-likeness (QED) is 0.285. The van der Waals surface area contributed by atoms with E-state index in [0.717, 1.165) is 27.8 Å². The number of thioether (sulfide) groups is 1. The van der Waals surface area contributed by atoms with Gasteiger partial charge in [0.25, 0.3) is 10.0 Å². The number of nitrogens with zero attached hydrogens (tertiary/aromatic N) is 1. The fourth-order valence-electron chi connectivity index (χ4n) is 3.49. The summed E-state index contributed by atoms with van der Waals surface area (Å²) < 4.78 is 38.9. The maximum absolute atomic E-state index is 13.6. The molecule has 3 aromatic rings. The number of benzene rings is 3. The molecule has 3 aromatic carbocycles. The van der Waals surface area contributed by atoms with E-state index in [2.05, 4.69) is 5.32 Å². The molecule has 0 heterocycles. The first kappa shape index (κ1) is 28.7. The largest absolute Gasteiger partial charge is 0.493 e. The van der Waals surface area contributed by atoms with E-state index in [1.807, 2.05) is 43.3 Å². The second-order valence-electron chi connectivity index (χ2n) is 8.25. The van der Waals surface area contributed by atoms with Gasteiger partial charge in [0, 0.05) is 23.4 Å². The predicted molar refractivity (Wildman–Crippen MR) is 150 cm³/mol. The second-order valence-corrected chi connectivity index (χ2v) is 11.7. The third-order valence-corrected chi connectivity index (χ3v) is 8.66. The zero-order valence-corrected chi connectivity index (χ0v) is 23.5. The number of amides is 1. The lowest BCUT2D eigenvalue weighted by molar-refractivity contribution is -0.119. The van der Waals surface area contributed by atoms with Crippen molar-refractivity contribution in [1.29, 1.82) is 0 Å². The van der Waals surface area contributed by atoms with Crippen molar-refractivity contribution in [3.8, 4) is 11.5 Å². The highest BCUT2D eigenvalue weighted by atomic mass is 35.5. The number of rotatable bonds is 13. The van der Waals surface area contributed by atoms with Crippen molar-refractivity contribution >= 4 is 45.0 Å². The minimum atomic E-state index is -4.07. The molecule has 0 saturated heterocycles. The number of hydrogen-bond acceptors (Lipinski definition) is 6. The summed E-state index contributed by atoms with van der Waals surface area (Å²) >= 11 is 7.68. The van der Waals surface area contributed by atoms with Crippen molar-refractivity contribution in [2.45, 2.75) is 24.0 Å². The summed E-state index contributed by atoms with van der Waals surface area (Å²) in [6.45, 7) is 2.01. The van der Waals surface area contributed by atoms with Gasteiger partial charge in [-0.05, 0) is 61.1 Å². The number of methoxy groups -OCH3 is 2. The van der Waals surface area contributed by atoms with Gasteiger partial charge >= 0.3 is 0 Å². The van der Waals surface area contributed by atoms with Gasteiger partial charge in [0.05, 0.1) is 24.8 Å². The Labute approximate surface area is 228 Å². The van der Waals surface area contributed by atoms with Crippen molar-refractivity contribution in [3.05, 3.63) is 82.9 Å². The monoisotopic (exact) mass is 562 g/mol. The molecule has 0 bridgehead atoms. The van der Waals surface area contributed by atoms with Crippen LogP contribution in [0, 0.1) is 6.92 Å². The molecule has 0 radical (unpaired) electrons. The molecule has 0 saturated carbocycles. The maximum Gasteiger partial charge on any atom is 0.264 e. The van der Waals surface area contributed by atoms with E-state index >= 15 is 0 Å². The smallest absolute Gasteiger partial charge is 0.264 e. The number of carbonyl (C=O) groups excluding carboxylic acids is 1. The van der Waals surface area contributed by atoms with Crippen molar-refractivity contribution in [3.63, 3.8) is 0 Å². The summed E-state index contributed by atoms with van der Waals surface area (Å²) in [6.07, 6.45) is 0.761. The van der Waals surface area contributed by atoms with Gasteiger partial charge in [-0.25, -0.2) is 8.42 Å². The molecule has 1 amide bonds. The van der Waals surface area contributed by atoms with Crippen LogP contribution in [0.4, 0.5) is 5.69 Å². The molecule has 0 aliphatic rings. The van der Waals surface area contributed by atoms with Crippen molar-refractivity contribution < 1.29 is 22.7 Å². The molecular weight excluding hydrogens is 532 g/mol. The van der Waals surface area contributed by atoms with E-state index in [9.17, 15) is 13.2 Å². The topological polar surface area (TPSA) is 84.9 Å². The molecule has 37 heavy (non-hydrogen) atoms. The minimum Gasteiger partial charge on any atom is -0.493 e. The fourth-order valence-corrected chi connectivity index (χ4v) is 5.97. The number of halogens is 1. The molecule has 0 fully saturated rings. The van der Waals surface area contributed by atoms with Gasteiger partial charge in [-0.3, -0.25) is 9.10 Å². The van der Waals surface area contributed by atoms with Crippen LogP contribution in [0.3, 0.4) is 0 Å². The Morgan fingerprint density at radius 2 is 1.65 bits per heavy atom. The first-order chi connectivity index (χ1) is 17.7. The van der Waals surface area contributed by atoms with Gasteiger partial charge in [-0.1, -0.05) is 41.4 Å². The number of ether oxygens (including phenoxy) is 2. The van der Waals surface area contributed by atoms with Gasteiger partial charge in [0.2, 0.25) is 5.91 Å². The lowest BCUT2D eigenvalue weighted by atomic mass is 10.2. The first-order valence-electron chi connectivity index (χ1n) is 11.6. The molecule has 0 atom stereocenters. The third-order valence-electron chi connectivity index (χ3n) is 5.52. The van der Waals surface area contributed by atoms with E-state index in [1.54, 1.807) is 23.9 Å². The van der Waals surface area contributed by atoms with Crippen molar-refractivity contribution in [2.75, 3.05) is 37.4 Å². The van der Waals surface area contributed by atoms with Crippen LogP contribution in [0.25, 0.3) is 0 Å². The lowest BCUT2D eigenvalue weighted by Crippen LogP contribution is -2.41. The zero-order valence-electron chi connectivity index (χ0n) is 21.1. The summed E-state index contributed by atoms with van der Waals surface area (Å²) in [4.78, 5) is 12.8. The molecule has 0 aliphatic heterocycles. The summed E-state index contributed by atoms with van der Waals surface area (Å²) in [5.74, 6) is 2.03. The second kappa shape index (κ2) is 13.6. The average molecular weight is 563 g/mol. The number of hydrogen-bond donors (Lipinski definition) is 1. The molecule has 1 N–H and O–H groups in total. The van der Waals surface area contributed by atoms with Gasteiger partial charge in [-0.15, -0.1) is 0 Å². The van der Waals surface area contributed by atoms with Crippen LogP contribution < -0.4 is 19.1 Å². The van der Waals surface area contributed by atoms with Gasteiger partial charge in [0.1, 0.15) is 6.54 Å². The Balaban J connectivity index is 1.65. The van der Waals surface area contributed by atoms with Crippen molar-refractivity contribution in [1.82, 2.24) is 5.32 Å². The molecule has 3 rings (SSSR count). The number of aryl methyl sites for hydroxylation is 1. The molecule has 0 spiro atoms. The average Bonchev–Trinajstić information content (AvgIpc) is 2.90. The Morgan fingerprint density at radius 1 is 0.973 bits per heavy atom. The SMILES string of the molecule is COc1ccc(S(=O)(=O)N(CC(=O)NCCCSCc2ccc(Cl)cc2)c2ccc(C)cc2)cc1OC. The van der Waals surface area contributed by atoms with Crippen LogP contribution in [0.2, 0.25) is 5.02 Å². The lowest BCUT2D eigenvalue weighted by Gasteiger charge is -2.24. The zero-order chi connectivity index (χ0) is 26.8. The van der Waals surface area contributed by atoms with Crippen molar-refractivity contribution in [2.24, 2.45) is 0 Å². The van der Waals surface area contributed by atoms with Crippen LogP contribution in [-0.2, 0) is 20.6 Å². The molecule has 7 nitrogen and oxygen atoms in total. The Kier molecular flexibility index (Phi) is 10.5. The van der Waals surface area contributed by atoms with Crippen LogP contribution >= 0.6 is 23.4 Å². The number of sulfonamides is 1. The van der Waals surface area contributed by atoms with E-state index in [1.165, 1.54) is 38.0 Å². The maximum atomic E-state index is 13.6. The van der Waals surface area contributed by atoms with Gasteiger partial charge in [0.15, 0.2) is 11.5 Å². The van der Waals surface area contributed by atoms with Gasteiger partial charge in [-0.2, -0.15) is 11.8 Å². The molecular formula is C27H31ClN2O5S2. The fraction of sp³-hybridized carbons (Fsp3) is 0.296. The molecule has 0 unspecified atom stereocenters. The third kappa shape index (κ3) is 8.05. The summed E-state index contributed by atoms with van der Waals surface area (Å²) in [7, 11) is -1.15. The minimum absolute atomic E-state index is 0.00266. The summed E-state index contributed by atoms with van der Waals surface area (Å²) in [5, 5.41) is 3.56. The highest BCUT2D eigenvalue weighted by Gasteiger charge is 2.28. The first-order valence-corrected chi connectivity index (χ1v) is 14.6. The number of anilines is 1. The molecule has 198 valence electrons. The Bertz CT molecular complexity index is 1280. The molecule has 0 aromatic heterocycles. The van der Waals surface area contributed by atoms with E-state index in [-0.39, 0.29) is 23.1 Å². The standard InChI is InChI=1S/C27H31ClN2O5S2/c1-20-5-11-23(12-6-20)30(37(32,33)24-13-14-25(34-2)26(17-24)35-3)18-27(31)29-15-4-16-36-19-21-7-9-22(28)10-8-21/h5-14,17H,4,15-16,18-19H2,1-3H3,(H,29,31). The molecule has 0 aliphatic carbocycles. The highest BCUT2D eigenvalue weighted by Crippen LogP contribution is 2.32. The molecule has 10 heteroatoms. The van der Waals surface area contributed by atoms with E-state index < -0.39 is 10.0 Å².